The summed E-state index contributed by atoms with van der Waals surface area (Å²) in [5.41, 5.74) is 15.0. The normalized spacial score (nSPS) is 13.1. The molecular formula is C53H37NO. The molecule has 11 rings (SSSR count). The average Bonchev–Trinajstić information content (AvgIpc) is 3.73. The Kier molecular flexibility index (Phi) is 6.93. The van der Waals surface area contributed by atoms with Crippen molar-refractivity contribution in [1.82, 2.24) is 0 Å². The SMILES string of the molecule is CC1(C)c2ccccc2-c2ccc(N(c3ccc4ccccc4c3)c3ccc4oc5c6ccccc6c(-c6ccccc6)cc5c4c3-c3ccccc3)cc21. The molecule has 260 valence electrons. The Balaban J connectivity index is 1.25. The van der Waals surface area contributed by atoms with Gasteiger partial charge < -0.3 is 9.32 Å². The van der Waals surface area contributed by atoms with E-state index in [0.717, 1.165) is 55.5 Å². The van der Waals surface area contributed by atoms with Gasteiger partial charge in [0, 0.05) is 38.5 Å². The van der Waals surface area contributed by atoms with E-state index in [4.69, 9.17) is 4.42 Å². The molecule has 55 heavy (non-hydrogen) atoms. The van der Waals surface area contributed by atoms with Crippen molar-refractivity contribution < 1.29 is 4.42 Å². The average molecular weight is 704 g/mol. The second-order valence-corrected chi connectivity index (χ2v) is 15.3. The van der Waals surface area contributed by atoms with Crippen LogP contribution in [0.2, 0.25) is 0 Å². The summed E-state index contributed by atoms with van der Waals surface area (Å²) in [5.74, 6) is 0. The topological polar surface area (TPSA) is 16.4 Å². The van der Waals surface area contributed by atoms with Crippen LogP contribution in [0.25, 0.3) is 76.9 Å². The summed E-state index contributed by atoms with van der Waals surface area (Å²) >= 11 is 0. The highest BCUT2D eigenvalue weighted by Crippen LogP contribution is 2.53. The molecule has 9 aromatic carbocycles. The van der Waals surface area contributed by atoms with E-state index >= 15 is 0 Å². The minimum Gasteiger partial charge on any atom is -0.455 e. The Bertz CT molecular complexity index is 3120. The Hall–Kier alpha value is -6.90. The summed E-state index contributed by atoms with van der Waals surface area (Å²) < 4.78 is 6.93. The fourth-order valence-electron chi connectivity index (χ4n) is 9.19. The van der Waals surface area contributed by atoms with Crippen molar-refractivity contribution in [3.63, 3.8) is 0 Å². The van der Waals surface area contributed by atoms with E-state index in [-0.39, 0.29) is 5.41 Å². The quantitative estimate of drug-likeness (QED) is 0.177. The molecule has 0 saturated heterocycles. The minimum absolute atomic E-state index is 0.140. The summed E-state index contributed by atoms with van der Waals surface area (Å²) in [6, 6.07) is 68.4. The maximum absolute atomic E-state index is 6.93. The van der Waals surface area contributed by atoms with Crippen LogP contribution in [0.3, 0.4) is 0 Å². The third kappa shape index (κ3) is 4.81. The molecule has 0 unspecified atom stereocenters. The molecule has 1 aromatic heterocycles. The van der Waals surface area contributed by atoms with Gasteiger partial charge in [0.05, 0.1) is 5.69 Å². The predicted octanol–water partition coefficient (Wildman–Crippen LogP) is 15.0. The number of hydrogen-bond acceptors (Lipinski definition) is 2. The van der Waals surface area contributed by atoms with E-state index in [1.54, 1.807) is 0 Å². The van der Waals surface area contributed by atoms with Crippen LogP contribution in [0.4, 0.5) is 17.1 Å². The lowest BCUT2D eigenvalue weighted by molar-refractivity contribution is 0.660. The van der Waals surface area contributed by atoms with Crippen LogP contribution in [-0.4, -0.2) is 0 Å². The summed E-state index contributed by atoms with van der Waals surface area (Å²) in [5, 5.41) is 6.94. The fraction of sp³-hybridized carbons (Fsp3) is 0.0566. The third-order valence-corrected chi connectivity index (χ3v) is 11.8. The summed E-state index contributed by atoms with van der Waals surface area (Å²) in [7, 11) is 0. The van der Waals surface area contributed by atoms with Gasteiger partial charge in [0.1, 0.15) is 11.2 Å². The van der Waals surface area contributed by atoms with Crippen molar-refractivity contribution in [1.29, 1.82) is 0 Å². The van der Waals surface area contributed by atoms with Crippen molar-refractivity contribution >= 4 is 60.5 Å². The molecule has 0 spiro atoms. The molecule has 1 heterocycles. The molecule has 10 aromatic rings. The van der Waals surface area contributed by atoms with Crippen LogP contribution in [0.15, 0.2) is 192 Å². The van der Waals surface area contributed by atoms with Crippen LogP contribution in [0.1, 0.15) is 25.0 Å². The van der Waals surface area contributed by atoms with E-state index in [0.29, 0.717) is 0 Å². The molecule has 0 aliphatic heterocycles. The number of rotatable bonds is 5. The van der Waals surface area contributed by atoms with Gasteiger partial charge in [-0.15, -0.1) is 0 Å². The molecule has 0 amide bonds. The predicted molar refractivity (Wildman–Crippen MR) is 232 cm³/mol. The molecule has 0 radical (unpaired) electrons. The van der Waals surface area contributed by atoms with Crippen LogP contribution in [-0.2, 0) is 5.41 Å². The fourth-order valence-corrected chi connectivity index (χ4v) is 9.19. The maximum Gasteiger partial charge on any atom is 0.143 e. The van der Waals surface area contributed by atoms with Crippen LogP contribution in [0.5, 0.6) is 0 Å². The molecule has 0 fully saturated rings. The van der Waals surface area contributed by atoms with Gasteiger partial charge in [-0.1, -0.05) is 159 Å². The van der Waals surface area contributed by atoms with Gasteiger partial charge in [0.25, 0.3) is 0 Å². The Morgan fingerprint density at radius 1 is 0.436 bits per heavy atom. The van der Waals surface area contributed by atoms with E-state index in [1.807, 2.05) is 0 Å². The monoisotopic (exact) mass is 703 g/mol. The molecule has 0 saturated carbocycles. The largest absolute Gasteiger partial charge is 0.455 e. The highest BCUT2D eigenvalue weighted by molar-refractivity contribution is 6.24. The summed E-state index contributed by atoms with van der Waals surface area (Å²) in [6.07, 6.45) is 0. The lowest BCUT2D eigenvalue weighted by Crippen LogP contribution is -2.17. The van der Waals surface area contributed by atoms with Gasteiger partial charge in [0.2, 0.25) is 0 Å². The van der Waals surface area contributed by atoms with Crippen molar-refractivity contribution in [2.75, 3.05) is 4.90 Å². The van der Waals surface area contributed by atoms with E-state index in [9.17, 15) is 0 Å². The second kappa shape index (κ2) is 12.1. The first-order valence-corrected chi connectivity index (χ1v) is 19.1. The number of fused-ring (bicyclic) bond motifs is 9. The van der Waals surface area contributed by atoms with Gasteiger partial charge in [-0.25, -0.2) is 0 Å². The number of benzene rings is 9. The zero-order valence-corrected chi connectivity index (χ0v) is 30.8. The highest BCUT2D eigenvalue weighted by atomic mass is 16.3. The number of anilines is 3. The number of hydrogen-bond donors (Lipinski definition) is 0. The summed E-state index contributed by atoms with van der Waals surface area (Å²) in [6.45, 7) is 4.71. The Morgan fingerprint density at radius 2 is 1.07 bits per heavy atom. The van der Waals surface area contributed by atoms with Crippen LogP contribution in [0, 0.1) is 0 Å². The number of nitrogens with zero attached hydrogens (tertiary/aromatic N) is 1. The van der Waals surface area contributed by atoms with Gasteiger partial charge in [-0.3, -0.25) is 0 Å². The first kappa shape index (κ1) is 31.6. The standard InChI is InChI=1S/C53H37NO/c1-53(2)46-24-14-13-22-41(46)42-28-27-39(32-47(42)53)54(38-26-25-34-15-9-10-20-37(34)31-38)48-29-30-49-51(50(48)36-18-7-4-8-19-36)45-33-44(35-16-5-3-6-17-35)40-21-11-12-23-43(40)52(45)55-49/h3-33H,1-2H3. The number of furan rings is 1. The lowest BCUT2D eigenvalue weighted by Gasteiger charge is -2.30. The molecular weight excluding hydrogens is 667 g/mol. The van der Waals surface area contributed by atoms with Crippen molar-refractivity contribution in [3.8, 4) is 33.4 Å². The molecule has 0 N–H and O–H groups in total. The van der Waals surface area contributed by atoms with Gasteiger partial charge in [-0.05, 0) is 97.6 Å². The third-order valence-electron chi connectivity index (χ3n) is 11.8. The van der Waals surface area contributed by atoms with Crippen molar-refractivity contribution in [3.05, 3.63) is 199 Å². The first-order valence-electron chi connectivity index (χ1n) is 19.1. The van der Waals surface area contributed by atoms with E-state index in [1.165, 1.54) is 49.5 Å². The molecule has 2 heteroatoms. The molecule has 2 nitrogen and oxygen atoms in total. The molecule has 1 aliphatic carbocycles. The zero-order chi connectivity index (χ0) is 36.7. The Labute approximate surface area is 320 Å². The Morgan fingerprint density at radius 3 is 1.89 bits per heavy atom. The highest BCUT2D eigenvalue weighted by Gasteiger charge is 2.36. The smallest absolute Gasteiger partial charge is 0.143 e. The van der Waals surface area contributed by atoms with Crippen molar-refractivity contribution in [2.45, 2.75) is 19.3 Å². The van der Waals surface area contributed by atoms with Crippen LogP contribution >= 0.6 is 0 Å². The lowest BCUT2D eigenvalue weighted by atomic mass is 9.82. The second-order valence-electron chi connectivity index (χ2n) is 15.3. The molecule has 1 aliphatic rings. The maximum atomic E-state index is 6.93. The van der Waals surface area contributed by atoms with E-state index < -0.39 is 0 Å². The van der Waals surface area contributed by atoms with Crippen molar-refractivity contribution in [2.24, 2.45) is 0 Å². The molecule has 0 bridgehead atoms. The first-order chi connectivity index (χ1) is 27.0. The van der Waals surface area contributed by atoms with E-state index in [2.05, 4.69) is 207 Å². The minimum atomic E-state index is -0.140. The van der Waals surface area contributed by atoms with Gasteiger partial charge in [-0.2, -0.15) is 0 Å². The molecule has 0 atom stereocenters. The zero-order valence-electron chi connectivity index (χ0n) is 30.8. The van der Waals surface area contributed by atoms with Gasteiger partial charge >= 0.3 is 0 Å². The van der Waals surface area contributed by atoms with Crippen LogP contribution < -0.4 is 4.90 Å². The summed E-state index contributed by atoms with van der Waals surface area (Å²) in [4.78, 5) is 2.46. The van der Waals surface area contributed by atoms with Gasteiger partial charge in [0.15, 0.2) is 0 Å².